The lowest BCUT2D eigenvalue weighted by Gasteiger charge is -2.22. The van der Waals surface area contributed by atoms with Gasteiger partial charge in [0.25, 0.3) is 0 Å². The van der Waals surface area contributed by atoms with Gasteiger partial charge in [-0.2, -0.15) is 0 Å². The molecule has 0 aliphatic carbocycles. The Labute approximate surface area is 182 Å². The number of hydrogen-bond acceptors (Lipinski definition) is 4. The first-order valence-corrected chi connectivity index (χ1v) is 10.8. The summed E-state index contributed by atoms with van der Waals surface area (Å²) in [4.78, 5) is 18.5. The predicted octanol–water partition coefficient (Wildman–Crippen LogP) is 4.15. The SMILES string of the molecule is CC(N=C(N)C(C)(C)S(C)=O)c1cc(NC=O)cc(F)c1F.Cc1ccc(Cl)cn1. The van der Waals surface area contributed by atoms with Gasteiger partial charge >= 0.3 is 0 Å². The molecule has 0 aliphatic rings. The molecule has 164 valence electrons. The first-order chi connectivity index (χ1) is 13.9. The van der Waals surface area contributed by atoms with Crippen molar-refractivity contribution in [1.82, 2.24) is 4.98 Å². The van der Waals surface area contributed by atoms with Gasteiger partial charge in [-0.05, 0) is 45.9 Å². The number of benzene rings is 1. The van der Waals surface area contributed by atoms with Gasteiger partial charge in [0.1, 0.15) is 5.84 Å². The molecule has 3 N–H and O–H groups in total. The van der Waals surface area contributed by atoms with Gasteiger partial charge in [-0.3, -0.25) is 19.0 Å². The second-order valence-corrected chi connectivity index (χ2v) is 9.26. The number of rotatable bonds is 6. The number of anilines is 1. The molecule has 0 bridgehead atoms. The Kier molecular flexibility index (Phi) is 9.51. The van der Waals surface area contributed by atoms with E-state index in [-0.39, 0.29) is 17.1 Å². The van der Waals surface area contributed by atoms with Crippen molar-refractivity contribution in [2.45, 2.75) is 38.5 Å². The number of aliphatic imine (C=N–C) groups is 1. The maximum absolute atomic E-state index is 13.9. The molecule has 1 amide bonds. The average Bonchev–Trinajstić information content (AvgIpc) is 2.67. The number of nitrogens with one attached hydrogen (secondary N) is 1. The van der Waals surface area contributed by atoms with Crippen LogP contribution in [-0.4, -0.2) is 32.4 Å². The van der Waals surface area contributed by atoms with E-state index in [0.29, 0.717) is 11.4 Å². The van der Waals surface area contributed by atoms with E-state index in [2.05, 4.69) is 15.3 Å². The number of amidine groups is 1. The van der Waals surface area contributed by atoms with Crippen LogP contribution in [0.25, 0.3) is 0 Å². The van der Waals surface area contributed by atoms with Crippen LogP contribution in [0.5, 0.6) is 0 Å². The predicted molar refractivity (Wildman–Crippen MR) is 118 cm³/mol. The number of aryl methyl sites for hydroxylation is 1. The van der Waals surface area contributed by atoms with Crippen molar-refractivity contribution in [3.05, 3.63) is 58.4 Å². The van der Waals surface area contributed by atoms with Gasteiger partial charge in [-0.15, -0.1) is 0 Å². The Bertz CT molecular complexity index is 916. The second kappa shape index (κ2) is 11.1. The molecule has 30 heavy (non-hydrogen) atoms. The second-order valence-electron chi connectivity index (χ2n) is 6.90. The lowest BCUT2D eigenvalue weighted by molar-refractivity contribution is -0.105. The highest BCUT2D eigenvalue weighted by Crippen LogP contribution is 2.27. The highest BCUT2D eigenvalue weighted by atomic mass is 35.5. The fraction of sp³-hybridized carbons (Fsp3) is 0.350. The average molecular weight is 459 g/mol. The van der Waals surface area contributed by atoms with Crippen LogP contribution in [0.15, 0.2) is 35.5 Å². The molecule has 1 heterocycles. The maximum atomic E-state index is 13.9. The molecule has 10 heteroatoms. The number of amides is 1. The first kappa shape index (κ1) is 25.6. The standard InChI is InChI=1S/C14H19F2N3O2S.C6H6ClN/c1-8(19-13(17)14(2,3)22(4)21)10-5-9(18-7-20)6-11(15)12(10)16;1-5-2-3-6(7)4-8-5/h5-8H,1-4H3,(H2,17,19)(H,18,20);2-4H,1H3. The summed E-state index contributed by atoms with van der Waals surface area (Å²) in [7, 11) is -1.28. The van der Waals surface area contributed by atoms with E-state index in [0.717, 1.165) is 11.8 Å². The van der Waals surface area contributed by atoms with Gasteiger partial charge in [-0.25, -0.2) is 8.78 Å². The zero-order valence-electron chi connectivity index (χ0n) is 17.4. The number of carbonyl (C=O) groups is 1. The highest BCUT2D eigenvalue weighted by molar-refractivity contribution is 7.86. The maximum Gasteiger partial charge on any atom is 0.211 e. The van der Waals surface area contributed by atoms with Gasteiger partial charge in [0.15, 0.2) is 11.6 Å². The Morgan fingerprint density at radius 3 is 2.47 bits per heavy atom. The molecule has 0 saturated carbocycles. The molecular formula is C20H25ClF2N4O2S. The largest absolute Gasteiger partial charge is 0.386 e. The van der Waals surface area contributed by atoms with Crippen LogP contribution in [-0.2, 0) is 15.6 Å². The van der Waals surface area contributed by atoms with Gasteiger partial charge in [0, 0.05) is 46.3 Å². The number of pyridine rings is 1. The van der Waals surface area contributed by atoms with Crippen molar-refractivity contribution in [2.75, 3.05) is 11.6 Å². The minimum absolute atomic E-state index is 0.0509. The molecule has 2 unspecified atom stereocenters. The van der Waals surface area contributed by atoms with E-state index in [9.17, 15) is 17.8 Å². The van der Waals surface area contributed by atoms with Crippen LogP contribution in [0.2, 0.25) is 5.02 Å². The summed E-state index contributed by atoms with van der Waals surface area (Å²) in [5.41, 5.74) is 6.90. The molecule has 0 radical (unpaired) electrons. The Morgan fingerprint density at radius 1 is 1.37 bits per heavy atom. The Morgan fingerprint density at radius 2 is 2.00 bits per heavy atom. The molecule has 0 fully saturated rings. The van der Waals surface area contributed by atoms with Gasteiger partial charge in [0.2, 0.25) is 6.41 Å². The van der Waals surface area contributed by atoms with Crippen LogP contribution >= 0.6 is 11.6 Å². The number of hydrogen-bond donors (Lipinski definition) is 2. The molecule has 1 aromatic carbocycles. The molecule has 2 atom stereocenters. The van der Waals surface area contributed by atoms with E-state index < -0.39 is 33.2 Å². The Hall–Kier alpha value is -2.39. The van der Waals surface area contributed by atoms with Crippen LogP contribution in [0.3, 0.4) is 0 Å². The van der Waals surface area contributed by atoms with E-state index in [4.69, 9.17) is 17.3 Å². The molecule has 0 saturated heterocycles. The molecule has 1 aromatic heterocycles. The number of nitrogens with two attached hydrogens (primary N) is 1. The molecule has 0 aliphatic heterocycles. The third kappa shape index (κ3) is 7.14. The third-order valence-electron chi connectivity index (χ3n) is 4.28. The summed E-state index contributed by atoms with van der Waals surface area (Å²) >= 11 is 5.55. The van der Waals surface area contributed by atoms with Gasteiger partial charge in [-0.1, -0.05) is 11.6 Å². The third-order valence-corrected chi connectivity index (χ3v) is 6.15. The van der Waals surface area contributed by atoms with Gasteiger partial charge < -0.3 is 11.1 Å². The fourth-order valence-electron chi connectivity index (χ4n) is 2.10. The van der Waals surface area contributed by atoms with E-state index >= 15 is 0 Å². The summed E-state index contributed by atoms with van der Waals surface area (Å²) in [5, 5.41) is 2.95. The molecule has 2 rings (SSSR count). The molecule has 6 nitrogen and oxygen atoms in total. The summed E-state index contributed by atoms with van der Waals surface area (Å²) in [6, 6.07) is 5.06. The van der Waals surface area contributed by atoms with E-state index in [1.165, 1.54) is 19.2 Å². The van der Waals surface area contributed by atoms with Crippen LogP contribution in [0.4, 0.5) is 14.5 Å². The summed E-state index contributed by atoms with van der Waals surface area (Å²) in [5.74, 6) is -2.08. The minimum Gasteiger partial charge on any atom is -0.386 e. The zero-order chi connectivity index (χ0) is 23.1. The quantitative estimate of drug-likeness (QED) is 0.386. The lowest BCUT2D eigenvalue weighted by Crippen LogP contribution is -2.42. The number of halogens is 3. The van der Waals surface area contributed by atoms with Crippen LogP contribution in [0, 0.1) is 18.6 Å². The lowest BCUT2D eigenvalue weighted by atomic mass is 10.1. The smallest absolute Gasteiger partial charge is 0.211 e. The van der Waals surface area contributed by atoms with Crippen molar-refractivity contribution < 1.29 is 17.8 Å². The normalized spacial score (nSPS) is 13.7. The number of nitrogens with zero attached hydrogens (tertiary/aromatic N) is 2. The van der Waals surface area contributed by atoms with Crippen molar-refractivity contribution in [2.24, 2.45) is 10.7 Å². The van der Waals surface area contributed by atoms with E-state index in [1.54, 1.807) is 20.0 Å². The van der Waals surface area contributed by atoms with E-state index in [1.807, 2.05) is 19.1 Å². The summed E-state index contributed by atoms with van der Waals surface area (Å²) in [6.45, 7) is 6.76. The zero-order valence-corrected chi connectivity index (χ0v) is 18.9. The molecular weight excluding hydrogens is 434 g/mol. The molecule has 0 spiro atoms. The number of aromatic nitrogens is 1. The summed E-state index contributed by atoms with van der Waals surface area (Å²) in [6.07, 6.45) is 3.49. The molecule has 2 aromatic rings. The fourth-order valence-corrected chi connectivity index (χ4v) is 2.56. The van der Waals surface area contributed by atoms with Crippen LogP contribution in [0.1, 0.15) is 38.1 Å². The minimum atomic E-state index is -1.28. The van der Waals surface area contributed by atoms with Crippen molar-refractivity contribution >= 4 is 40.3 Å². The monoisotopic (exact) mass is 458 g/mol. The number of carbonyl (C=O) groups excluding carboxylic acids is 1. The Balaban J connectivity index is 0.000000467. The summed E-state index contributed by atoms with van der Waals surface area (Å²) < 4.78 is 38.2. The highest BCUT2D eigenvalue weighted by Gasteiger charge is 2.28. The van der Waals surface area contributed by atoms with Crippen molar-refractivity contribution in [3.63, 3.8) is 0 Å². The van der Waals surface area contributed by atoms with Crippen molar-refractivity contribution in [3.8, 4) is 0 Å². The van der Waals surface area contributed by atoms with Crippen molar-refractivity contribution in [1.29, 1.82) is 0 Å². The topological polar surface area (TPSA) is 97.4 Å². The van der Waals surface area contributed by atoms with Crippen LogP contribution < -0.4 is 11.1 Å². The van der Waals surface area contributed by atoms with Gasteiger partial charge in [0.05, 0.1) is 15.8 Å². The first-order valence-electron chi connectivity index (χ1n) is 8.84.